The molecule has 0 aliphatic carbocycles. The lowest BCUT2D eigenvalue weighted by molar-refractivity contribution is 0.302. The maximum absolute atomic E-state index is 6.03. The third-order valence-corrected chi connectivity index (χ3v) is 4.12. The zero-order valence-electron chi connectivity index (χ0n) is 15.2. The van der Waals surface area contributed by atoms with Gasteiger partial charge in [-0.3, -0.25) is 0 Å². The highest BCUT2D eigenvalue weighted by Gasteiger charge is 2.12. The first-order valence-electron chi connectivity index (χ1n) is 8.41. The van der Waals surface area contributed by atoms with Crippen molar-refractivity contribution < 1.29 is 14.2 Å². The Labute approximate surface area is 155 Å². The number of benzene rings is 2. The van der Waals surface area contributed by atoms with Gasteiger partial charge in [0.1, 0.15) is 18.1 Å². The van der Waals surface area contributed by atoms with Crippen molar-refractivity contribution in [2.75, 3.05) is 19.0 Å². The molecular weight excluding hydrogens is 334 g/mol. The fourth-order valence-electron chi connectivity index (χ4n) is 2.52. The second-order valence-electron chi connectivity index (χ2n) is 5.58. The molecule has 0 fully saturated rings. The predicted octanol–water partition coefficient (Wildman–Crippen LogP) is 4.88. The van der Waals surface area contributed by atoms with Crippen molar-refractivity contribution >= 4 is 23.1 Å². The molecule has 2 aromatic carbocycles. The minimum Gasteiger partial charge on any atom is -0.492 e. The monoisotopic (exact) mass is 359 g/mol. The standard InChI is InChI=1S/C20H25NO3S/c1-5-15-10-11-17(14(3)12-15)24-13-16-8-7-9-18(23-6-2)19(16)21-20(25)22-4/h7-12H,5-6,13H2,1-4H3,(H,21,25). The molecule has 0 spiro atoms. The summed E-state index contributed by atoms with van der Waals surface area (Å²) in [5, 5.41) is 3.38. The quantitative estimate of drug-likeness (QED) is 0.714. The van der Waals surface area contributed by atoms with Gasteiger partial charge < -0.3 is 19.5 Å². The molecular formula is C20H25NO3S. The van der Waals surface area contributed by atoms with E-state index < -0.39 is 0 Å². The van der Waals surface area contributed by atoms with Crippen molar-refractivity contribution in [3.63, 3.8) is 0 Å². The van der Waals surface area contributed by atoms with Crippen LogP contribution < -0.4 is 14.8 Å². The van der Waals surface area contributed by atoms with Crippen LogP contribution in [0, 0.1) is 6.92 Å². The van der Waals surface area contributed by atoms with E-state index in [-0.39, 0.29) is 5.17 Å². The van der Waals surface area contributed by atoms with Gasteiger partial charge in [0.2, 0.25) is 0 Å². The van der Waals surface area contributed by atoms with Crippen LogP contribution in [-0.2, 0) is 17.8 Å². The molecule has 25 heavy (non-hydrogen) atoms. The summed E-state index contributed by atoms with van der Waals surface area (Å²) in [4.78, 5) is 0. The van der Waals surface area contributed by atoms with Gasteiger partial charge in [0.05, 0.1) is 19.4 Å². The lowest BCUT2D eigenvalue weighted by Crippen LogP contribution is -2.14. The molecule has 0 amide bonds. The predicted molar refractivity (Wildman–Crippen MR) is 106 cm³/mol. The molecule has 2 rings (SSSR count). The topological polar surface area (TPSA) is 39.7 Å². The lowest BCUT2D eigenvalue weighted by Gasteiger charge is -2.17. The molecule has 0 unspecified atom stereocenters. The maximum Gasteiger partial charge on any atom is 0.261 e. The number of rotatable bonds is 7. The Bertz CT molecular complexity index is 731. The van der Waals surface area contributed by atoms with Gasteiger partial charge in [-0.15, -0.1) is 0 Å². The number of nitrogens with one attached hydrogen (secondary N) is 1. The van der Waals surface area contributed by atoms with Crippen molar-refractivity contribution in [2.24, 2.45) is 0 Å². The van der Waals surface area contributed by atoms with E-state index in [2.05, 4.69) is 31.3 Å². The van der Waals surface area contributed by atoms with Crippen LogP contribution in [0.5, 0.6) is 11.5 Å². The smallest absolute Gasteiger partial charge is 0.261 e. The Morgan fingerprint density at radius 3 is 2.52 bits per heavy atom. The highest BCUT2D eigenvalue weighted by molar-refractivity contribution is 7.80. The number of para-hydroxylation sites is 1. The minimum atomic E-state index is 0.289. The first-order chi connectivity index (χ1) is 12.1. The number of hydrogen-bond donors (Lipinski definition) is 1. The van der Waals surface area contributed by atoms with Crippen LogP contribution in [-0.4, -0.2) is 18.9 Å². The SMILES string of the molecule is CCOc1cccc(COc2ccc(CC)cc2C)c1NC(=S)OC. The fourth-order valence-corrected chi connectivity index (χ4v) is 2.62. The van der Waals surface area contributed by atoms with Gasteiger partial charge in [-0.1, -0.05) is 31.2 Å². The summed E-state index contributed by atoms with van der Waals surface area (Å²) in [5.41, 5.74) is 4.15. The van der Waals surface area contributed by atoms with E-state index in [0.717, 1.165) is 34.7 Å². The summed E-state index contributed by atoms with van der Waals surface area (Å²) < 4.78 is 16.8. The number of thiocarbonyl (C=S) groups is 1. The van der Waals surface area contributed by atoms with Gasteiger partial charge >= 0.3 is 0 Å². The molecule has 0 aliphatic heterocycles. The first kappa shape index (κ1) is 19.1. The average molecular weight is 359 g/mol. The van der Waals surface area contributed by atoms with Crippen LogP contribution >= 0.6 is 12.2 Å². The summed E-state index contributed by atoms with van der Waals surface area (Å²) in [6.45, 7) is 7.12. The lowest BCUT2D eigenvalue weighted by atomic mass is 10.1. The Hall–Kier alpha value is -2.27. The Morgan fingerprint density at radius 1 is 1.08 bits per heavy atom. The number of methoxy groups -OCH3 is 1. The van der Waals surface area contributed by atoms with Gasteiger partial charge in [-0.2, -0.15) is 0 Å². The molecule has 134 valence electrons. The summed E-state index contributed by atoms with van der Waals surface area (Å²) in [6.07, 6.45) is 1.01. The molecule has 5 heteroatoms. The maximum atomic E-state index is 6.03. The Morgan fingerprint density at radius 2 is 1.88 bits per heavy atom. The molecule has 1 N–H and O–H groups in total. The van der Waals surface area contributed by atoms with Gasteiger partial charge in [-0.25, -0.2) is 0 Å². The van der Waals surface area contributed by atoms with Crippen molar-refractivity contribution in [3.8, 4) is 11.5 Å². The van der Waals surface area contributed by atoms with E-state index >= 15 is 0 Å². The first-order valence-corrected chi connectivity index (χ1v) is 8.81. The largest absolute Gasteiger partial charge is 0.492 e. The van der Waals surface area contributed by atoms with Crippen LogP contribution in [0.3, 0.4) is 0 Å². The van der Waals surface area contributed by atoms with E-state index in [4.69, 9.17) is 26.4 Å². The normalized spacial score (nSPS) is 10.2. The number of aryl methyl sites for hydroxylation is 2. The van der Waals surface area contributed by atoms with Gasteiger partial charge in [-0.05, 0) is 55.7 Å². The second kappa shape index (κ2) is 9.28. The molecule has 0 radical (unpaired) electrons. The van der Waals surface area contributed by atoms with Gasteiger partial charge in [0.25, 0.3) is 5.17 Å². The van der Waals surface area contributed by atoms with Crippen LogP contribution in [0.4, 0.5) is 5.69 Å². The second-order valence-corrected chi connectivity index (χ2v) is 5.95. The molecule has 0 bridgehead atoms. The van der Waals surface area contributed by atoms with Gasteiger partial charge in [0.15, 0.2) is 0 Å². The highest BCUT2D eigenvalue weighted by atomic mass is 32.1. The van der Waals surface area contributed by atoms with E-state index in [1.54, 1.807) is 0 Å². The number of hydrogen-bond acceptors (Lipinski definition) is 4. The molecule has 0 aromatic heterocycles. The molecule has 2 aromatic rings. The zero-order chi connectivity index (χ0) is 18.2. The average Bonchev–Trinajstić information content (AvgIpc) is 2.62. The number of ether oxygens (including phenoxy) is 3. The van der Waals surface area contributed by atoms with Crippen LogP contribution in [0.25, 0.3) is 0 Å². The fraction of sp³-hybridized carbons (Fsp3) is 0.350. The molecule has 0 saturated heterocycles. The van der Waals surface area contributed by atoms with Crippen LogP contribution in [0.1, 0.15) is 30.5 Å². The van der Waals surface area contributed by atoms with Crippen molar-refractivity contribution in [1.29, 1.82) is 0 Å². The van der Waals surface area contributed by atoms with Crippen molar-refractivity contribution in [3.05, 3.63) is 53.1 Å². The van der Waals surface area contributed by atoms with E-state index in [0.29, 0.717) is 13.2 Å². The summed E-state index contributed by atoms with van der Waals surface area (Å²) in [7, 11) is 1.54. The van der Waals surface area contributed by atoms with Crippen LogP contribution in [0.15, 0.2) is 36.4 Å². The molecule has 0 atom stereocenters. The third-order valence-electron chi connectivity index (χ3n) is 3.86. The van der Waals surface area contributed by atoms with E-state index in [9.17, 15) is 0 Å². The zero-order valence-corrected chi connectivity index (χ0v) is 16.0. The number of anilines is 1. The van der Waals surface area contributed by atoms with E-state index in [1.165, 1.54) is 12.7 Å². The molecule has 0 aliphatic rings. The van der Waals surface area contributed by atoms with Crippen molar-refractivity contribution in [1.82, 2.24) is 0 Å². The van der Waals surface area contributed by atoms with Gasteiger partial charge in [0, 0.05) is 5.56 Å². The molecule has 4 nitrogen and oxygen atoms in total. The summed E-state index contributed by atoms with van der Waals surface area (Å²) in [5.74, 6) is 1.60. The summed E-state index contributed by atoms with van der Waals surface area (Å²) >= 11 is 5.14. The Balaban J connectivity index is 2.23. The minimum absolute atomic E-state index is 0.289. The Kier molecular flexibility index (Phi) is 7.07. The van der Waals surface area contributed by atoms with E-state index in [1.807, 2.05) is 31.2 Å². The summed E-state index contributed by atoms with van der Waals surface area (Å²) in [6, 6.07) is 12.1. The van der Waals surface area contributed by atoms with Crippen LogP contribution in [0.2, 0.25) is 0 Å². The molecule has 0 heterocycles. The molecule has 0 saturated carbocycles. The van der Waals surface area contributed by atoms with Crippen molar-refractivity contribution in [2.45, 2.75) is 33.8 Å². The highest BCUT2D eigenvalue weighted by Crippen LogP contribution is 2.30. The third kappa shape index (κ3) is 5.10.